The van der Waals surface area contributed by atoms with Crippen LogP contribution >= 0.6 is 11.9 Å². The number of nitrogen functional groups attached to an aromatic ring is 1. The quantitative estimate of drug-likeness (QED) is 0.504. The Hall–Kier alpha value is -1.73. The highest BCUT2D eigenvalue weighted by Gasteiger charge is 2.30. The Kier molecular flexibility index (Phi) is 4.74. The minimum atomic E-state index is -4.41. The molecular weight excluding hydrogens is 304 g/mol. The molecule has 0 atom stereocenters. The Balaban J connectivity index is 1.98. The highest BCUT2D eigenvalue weighted by molar-refractivity contribution is 7.97. The maximum Gasteiger partial charge on any atom is 0.416 e. The van der Waals surface area contributed by atoms with Crippen molar-refractivity contribution in [1.29, 1.82) is 0 Å². The van der Waals surface area contributed by atoms with E-state index in [1.165, 1.54) is 18.2 Å². The summed E-state index contributed by atoms with van der Waals surface area (Å²) in [7, 11) is 0. The van der Waals surface area contributed by atoms with Gasteiger partial charge in [0.25, 0.3) is 0 Å². The Labute approximate surface area is 123 Å². The Bertz CT molecular complexity index is 629. The number of alkyl halides is 3. The van der Waals surface area contributed by atoms with Crippen molar-refractivity contribution >= 4 is 17.6 Å². The van der Waals surface area contributed by atoms with Crippen LogP contribution in [0.1, 0.15) is 11.1 Å². The van der Waals surface area contributed by atoms with E-state index in [1.807, 2.05) is 0 Å². The second-order valence-electron chi connectivity index (χ2n) is 4.30. The van der Waals surface area contributed by atoms with E-state index in [2.05, 4.69) is 4.72 Å². The van der Waals surface area contributed by atoms with Crippen molar-refractivity contribution in [2.45, 2.75) is 17.6 Å². The molecule has 7 heteroatoms. The van der Waals surface area contributed by atoms with Gasteiger partial charge in [-0.1, -0.05) is 12.1 Å². The number of anilines is 1. The Morgan fingerprint density at radius 3 is 2.48 bits per heavy atom. The minimum Gasteiger partial charge on any atom is -0.398 e. The largest absolute Gasteiger partial charge is 0.416 e. The molecule has 0 heterocycles. The predicted octanol–water partition coefficient (Wildman–Crippen LogP) is 4.22. The number of nitrogens with two attached hydrogens (primary N) is 1. The van der Waals surface area contributed by atoms with Gasteiger partial charge in [0, 0.05) is 17.1 Å². The fourth-order valence-corrected chi connectivity index (χ4v) is 2.37. The van der Waals surface area contributed by atoms with Crippen molar-refractivity contribution in [3.05, 3.63) is 59.4 Å². The molecular formula is C14H12F4N2S. The lowest BCUT2D eigenvalue weighted by Crippen LogP contribution is -2.07. The third kappa shape index (κ3) is 4.37. The summed E-state index contributed by atoms with van der Waals surface area (Å²) >= 11 is 1.10. The lowest BCUT2D eigenvalue weighted by Gasteiger charge is -2.11. The molecule has 0 aliphatic carbocycles. The number of nitrogens with one attached hydrogen (secondary N) is 1. The molecule has 21 heavy (non-hydrogen) atoms. The lowest BCUT2D eigenvalue weighted by molar-refractivity contribution is -0.137. The summed E-state index contributed by atoms with van der Waals surface area (Å²) < 4.78 is 53.4. The van der Waals surface area contributed by atoms with Gasteiger partial charge in [-0.15, -0.1) is 0 Å². The summed E-state index contributed by atoms with van der Waals surface area (Å²) in [6, 6.07) is 9.22. The summed E-state index contributed by atoms with van der Waals surface area (Å²) in [6.07, 6.45) is -4.41. The third-order valence-corrected chi connectivity index (χ3v) is 3.56. The molecule has 2 rings (SSSR count). The maximum atomic E-state index is 13.0. The van der Waals surface area contributed by atoms with Gasteiger partial charge in [-0.2, -0.15) is 13.2 Å². The Morgan fingerprint density at radius 1 is 1.10 bits per heavy atom. The summed E-state index contributed by atoms with van der Waals surface area (Å²) in [4.78, 5) is 0.486. The van der Waals surface area contributed by atoms with Crippen LogP contribution in [0.5, 0.6) is 0 Å². The standard InChI is InChI=1S/C14H12F4N2S/c15-11-3-1-2-9(6-11)8-20-21-13-5-4-10(7-12(13)19)14(16,17)18/h1-7,20H,8,19H2. The predicted molar refractivity (Wildman–Crippen MR) is 75.0 cm³/mol. The van der Waals surface area contributed by atoms with Crippen LogP contribution in [0, 0.1) is 5.82 Å². The van der Waals surface area contributed by atoms with Gasteiger partial charge in [0.2, 0.25) is 0 Å². The first-order valence-corrected chi connectivity index (χ1v) is 6.79. The van der Waals surface area contributed by atoms with Crippen LogP contribution in [0.4, 0.5) is 23.2 Å². The van der Waals surface area contributed by atoms with Crippen LogP contribution in [0.2, 0.25) is 0 Å². The molecule has 0 aromatic heterocycles. The molecule has 0 bridgehead atoms. The number of halogens is 4. The summed E-state index contributed by atoms with van der Waals surface area (Å²) in [5.74, 6) is -0.339. The van der Waals surface area contributed by atoms with Crippen molar-refractivity contribution < 1.29 is 17.6 Å². The van der Waals surface area contributed by atoms with Gasteiger partial charge < -0.3 is 5.73 Å². The number of benzene rings is 2. The summed E-state index contributed by atoms with van der Waals surface area (Å²) in [6.45, 7) is 0.364. The van der Waals surface area contributed by atoms with Gasteiger partial charge in [-0.25, -0.2) is 4.39 Å². The van der Waals surface area contributed by atoms with Gasteiger partial charge in [-0.3, -0.25) is 4.72 Å². The molecule has 0 fully saturated rings. The first-order valence-electron chi connectivity index (χ1n) is 5.97. The number of hydrogen-bond acceptors (Lipinski definition) is 3. The van der Waals surface area contributed by atoms with E-state index in [0.717, 1.165) is 29.6 Å². The van der Waals surface area contributed by atoms with Crippen LogP contribution in [0.15, 0.2) is 47.4 Å². The van der Waals surface area contributed by atoms with E-state index in [1.54, 1.807) is 12.1 Å². The van der Waals surface area contributed by atoms with Crippen molar-refractivity contribution in [1.82, 2.24) is 4.72 Å². The van der Waals surface area contributed by atoms with E-state index < -0.39 is 11.7 Å². The first kappa shape index (κ1) is 15.7. The highest BCUT2D eigenvalue weighted by Crippen LogP contribution is 2.33. The molecule has 0 amide bonds. The topological polar surface area (TPSA) is 38.0 Å². The molecule has 0 spiro atoms. The lowest BCUT2D eigenvalue weighted by atomic mass is 10.2. The molecule has 2 nitrogen and oxygen atoms in total. The monoisotopic (exact) mass is 316 g/mol. The average Bonchev–Trinajstić information content (AvgIpc) is 2.39. The van der Waals surface area contributed by atoms with Crippen molar-refractivity contribution in [3.8, 4) is 0 Å². The molecule has 0 aliphatic heterocycles. The minimum absolute atomic E-state index is 0.0431. The normalized spacial score (nSPS) is 11.6. The summed E-state index contributed by atoms with van der Waals surface area (Å²) in [5.41, 5.74) is 5.59. The van der Waals surface area contributed by atoms with Gasteiger partial charge in [0.15, 0.2) is 0 Å². The van der Waals surface area contributed by atoms with Gasteiger partial charge in [0.05, 0.1) is 5.56 Å². The van der Waals surface area contributed by atoms with Crippen molar-refractivity contribution in [2.24, 2.45) is 0 Å². The Morgan fingerprint density at radius 2 is 1.86 bits per heavy atom. The fourth-order valence-electron chi connectivity index (χ4n) is 1.66. The maximum absolute atomic E-state index is 13.0. The first-order chi connectivity index (χ1) is 9.86. The fraction of sp³-hybridized carbons (Fsp3) is 0.143. The number of hydrogen-bond donors (Lipinski definition) is 2. The molecule has 0 aliphatic rings. The van der Waals surface area contributed by atoms with E-state index in [-0.39, 0.29) is 11.5 Å². The second-order valence-corrected chi connectivity index (χ2v) is 5.24. The highest BCUT2D eigenvalue weighted by atomic mass is 32.2. The SMILES string of the molecule is Nc1cc(C(F)(F)F)ccc1SNCc1cccc(F)c1. The van der Waals surface area contributed by atoms with Crippen LogP contribution in [0.3, 0.4) is 0 Å². The average molecular weight is 316 g/mol. The molecule has 3 N–H and O–H groups in total. The molecule has 2 aromatic rings. The second kappa shape index (κ2) is 6.36. The van der Waals surface area contributed by atoms with Gasteiger partial charge >= 0.3 is 6.18 Å². The molecule has 0 saturated carbocycles. The zero-order chi connectivity index (χ0) is 15.5. The van der Waals surface area contributed by atoms with Crippen LogP contribution in [-0.2, 0) is 12.7 Å². The van der Waals surface area contributed by atoms with E-state index in [0.29, 0.717) is 11.4 Å². The molecule has 2 aromatic carbocycles. The zero-order valence-electron chi connectivity index (χ0n) is 10.7. The van der Waals surface area contributed by atoms with E-state index in [4.69, 9.17) is 5.73 Å². The van der Waals surface area contributed by atoms with Gasteiger partial charge in [-0.05, 0) is 47.8 Å². The van der Waals surface area contributed by atoms with E-state index >= 15 is 0 Å². The zero-order valence-corrected chi connectivity index (χ0v) is 11.6. The molecule has 0 radical (unpaired) electrons. The van der Waals surface area contributed by atoms with Crippen LogP contribution in [-0.4, -0.2) is 0 Å². The molecule has 0 unspecified atom stereocenters. The van der Waals surface area contributed by atoms with Gasteiger partial charge in [0.1, 0.15) is 5.82 Å². The molecule has 112 valence electrons. The van der Waals surface area contributed by atoms with Crippen molar-refractivity contribution in [2.75, 3.05) is 5.73 Å². The van der Waals surface area contributed by atoms with E-state index in [9.17, 15) is 17.6 Å². The van der Waals surface area contributed by atoms with Crippen molar-refractivity contribution in [3.63, 3.8) is 0 Å². The number of rotatable bonds is 4. The smallest absolute Gasteiger partial charge is 0.398 e. The summed E-state index contributed by atoms with van der Waals surface area (Å²) in [5, 5.41) is 0. The van der Waals surface area contributed by atoms with Crippen LogP contribution in [0.25, 0.3) is 0 Å². The molecule has 0 saturated heterocycles. The van der Waals surface area contributed by atoms with Crippen LogP contribution < -0.4 is 10.5 Å². The third-order valence-electron chi connectivity index (χ3n) is 2.68.